The number of halogens is 3. The Bertz CT molecular complexity index is 1010. The second-order valence-corrected chi connectivity index (χ2v) is 7.13. The van der Waals surface area contributed by atoms with Crippen molar-refractivity contribution in [3.05, 3.63) is 47.7 Å². The molecule has 0 saturated carbocycles. The van der Waals surface area contributed by atoms with E-state index < -0.39 is 11.9 Å². The lowest BCUT2D eigenvalue weighted by Crippen LogP contribution is -2.40. The van der Waals surface area contributed by atoms with Gasteiger partial charge in [-0.2, -0.15) is 23.4 Å². The van der Waals surface area contributed by atoms with Gasteiger partial charge < -0.3 is 4.90 Å². The number of aromatic nitrogens is 5. The molecule has 3 aromatic heterocycles. The first-order valence-electron chi connectivity index (χ1n) is 9.60. The number of fused-ring (bicyclic) bond motifs is 1. The number of alkyl halides is 3. The second kappa shape index (κ2) is 7.49. The first-order valence-corrected chi connectivity index (χ1v) is 9.60. The topological polar surface area (TPSA) is 68.3 Å². The van der Waals surface area contributed by atoms with E-state index in [1.54, 1.807) is 36.4 Å². The lowest BCUT2D eigenvalue weighted by molar-refractivity contribution is -0.143. The van der Waals surface area contributed by atoms with E-state index in [1.165, 1.54) is 4.68 Å². The van der Waals surface area contributed by atoms with Crippen molar-refractivity contribution in [2.45, 2.75) is 51.4 Å². The Labute approximate surface area is 165 Å². The van der Waals surface area contributed by atoms with Crippen molar-refractivity contribution in [1.29, 1.82) is 0 Å². The average molecular weight is 406 g/mol. The standard InChI is InChI=1S/C19H21F3N6O/c1-2-13-10-16(19(20,21)22)28-17(24-13)11-14(25-28)15-6-3-4-9-27(15)18(29)12-26-8-5-7-23-26/h5,7-8,10-11,15H,2-4,6,9,12H2,1H3. The fraction of sp³-hybridized carbons (Fsp3) is 0.474. The second-order valence-electron chi connectivity index (χ2n) is 7.13. The number of likely N-dealkylation sites (tertiary alicyclic amines) is 1. The number of carbonyl (C=O) groups excluding carboxylic acids is 1. The molecule has 1 saturated heterocycles. The van der Waals surface area contributed by atoms with Gasteiger partial charge in [-0.25, -0.2) is 9.50 Å². The van der Waals surface area contributed by atoms with Crippen LogP contribution < -0.4 is 0 Å². The number of piperidine rings is 1. The summed E-state index contributed by atoms with van der Waals surface area (Å²) in [5, 5.41) is 8.28. The van der Waals surface area contributed by atoms with Gasteiger partial charge in [0.15, 0.2) is 5.65 Å². The molecule has 0 spiro atoms. The predicted molar refractivity (Wildman–Crippen MR) is 97.9 cm³/mol. The van der Waals surface area contributed by atoms with Crippen LogP contribution in [0.5, 0.6) is 0 Å². The summed E-state index contributed by atoms with van der Waals surface area (Å²) in [5.41, 5.74) is 0.0869. The van der Waals surface area contributed by atoms with Gasteiger partial charge in [-0.05, 0) is 37.8 Å². The minimum absolute atomic E-state index is 0.0862. The number of aryl methyl sites for hydroxylation is 1. The quantitative estimate of drug-likeness (QED) is 0.667. The molecular formula is C19H21F3N6O. The number of nitrogens with zero attached hydrogens (tertiary/aromatic N) is 6. The summed E-state index contributed by atoms with van der Waals surface area (Å²) < 4.78 is 43.0. The molecule has 0 radical (unpaired) electrons. The molecule has 7 nitrogen and oxygen atoms in total. The van der Waals surface area contributed by atoms with Crippen LogP contribution in [0.25, 0.3) is 5.65 Å². The van der Waals surface area contributed by atoms with Gasteiger partial charge in [0.25, 0.3) is 0 Å². The van der Waals surface area contributed by atoms with Crippen molar-refractivity contribution in [3.63, 3.8) is 0 Å². The maximum atomic E-state index is 13.5. The van der Waals surface area contributed by atoms with Crippen LogP contribution in [0.2, 0.25) is 0 Å². The highest BCUT2D eigenvalue weighted by Crippen LogP contribution is 2.34. The molecule has 1 fully saturated rings. The van der Waals surface area contributed by atoms with E-state index in [9.17, 15) is 18.0 Å². The van der Waals surface area contributed by atoms with Crippen molar-refractivity contribution in [2.75, 3.05) is 6.54 Å². The lowest BCUT2D eigenvalue weighted by atomic mass is 9.99. The van der Waals surface area contributed by atoms with Crippen LogP contribution in [-0.2, 0) is 23.9 Å². The fourth-order valence-electron chi connectivity index (χ4n) is 3.75. The van der Waals surface area contributed by atoms with Gasteiger partial charge in [0.05, 0.1) is 11.7 Å². The highest BCUT2D eigenvalue weighted by molar-refractivity contribution is 5.76. The maximum Gasteiger partial charge on any atom is 0.433 e. The summed E-state index contributed by atoms with van der Waals surface area (Å²) in [6.45, 7) is 2.38. The van der Waals surface area contributed by atoms with E-state index in [0.29, 0.717) is 30.8 Å². The maximum absolute atomic E-state index is 13.5. The van der Waals surface area contributed by atoms with Crippen molar-refractivity contribution in [2.24, 2.45) is 0 Å². The molecule has 3 aromatic rings. The molecule has 0 aromatic carbocycles. The average Bonchev–Trinajstić information content (AvgIpc) is 3.35. The molecule has 1 amide bonds. The van der Waals surface area contributed by atoms with Crippen LogP contribution in [0.4, 0.5) is 13.2 Å². The smallest absolute Gasteiger partial charge is 0.332 e. The van der Waals surface area contributed by atoms with E-state index in [0.717, 1.165) is 23.4 Å². The Kier molecular flexibility index (Phi) is 5.01. The monoisotopic (exact) mass is 406 g/mol. The van der Waals surface area contributed by atoms with Crippen molar-refractivity contribution in [3.8, 4) is 0 Å². The summed E-state index contributed by atoms with van der Waals surface area (Å²) in [7, 11) is 0. The van der Waals surface area contributed by atoms with Gasteiger partial charge in [-0.3, -0.25) is 9.48 Å². The highest BCUT2D eigenvalue weighted by Gasteiger charge is 2.36. The molecule has 4 heterocycles. The number of hydrogen-bond acceptors (Lipinski definition) is 4. The molecule has 0 N–H and O–H groups in total. The summed E-state index contributed by atoms with van der Waals surface area (Å²) in [4.78, 5) is 18.8. The third-order valence-electron chi connectivity index (χ3n) is 5.17. The zero-order chi connectivity index (χ0) is 20.6. The normalized spacial score (nSPS) is 17.8. The van der Waals surface area contributed by atoms with Gasteiger partial charge in [0, 0.05) is 30.7 Å². The highest BCUT2D eigenvalue weighted by atomic mass is 19.4. The SMILES string of the molecule is CCc1cc(C(F)(F)F)n2nc(C3CCCCN3C(=O)Cn3cccn3)cc2n1. The first-order chi connectivity index (χ1) is 13.9. The van der Waals surface area contributed by atoms with Crippen LogP contribution >= 0.6 is 0 Å². The summed E-state index contributed by atoms with van der Waals surface area (Å²) in [6.07, 6.45) is 1.52. The molecule has 154 valence electrons. The van der Waals surface area contributed by atoms with Gasteiger partial charge in [0.2, 0.25) is 5.91 Å². The van der Waals surface area contributed by atoms with Gasteiger partial charge in [-0.15, -0.1) is 0 Å². The molecule has 0 bridgehead atoms. The van der Waals surface area contributed by atoms with Crippen molar-refractivity contribution >= 4 is 11.6 Å². The lowest BCUT2D eigenvalue weighted by Gasteiger charge is -2.34. The van der Waals surface area contributed by atoms with Crippen LogP contribution in [0.1, 0.15) is 49.3 Å². The molecule has 0 aliphatic carbocycles. The molecular weight excluding hydrogens is 385 g/mol. The minimum atomic E-state index is -4.55. The first kappa shape index (κ1) is 19.4. The third-order valence-corrected chi connectivity index (χ3v) is 5.17. The van der Waals surface area contributed by atoms with Crippen LogP contribution in [-0.4, -0.2) is 41.7 Å². The van der Waals surface area contributed by atoms with Crippen LogP contribution in [0.3, 0.4) is 0 Å². The number of carbonyl (C=O) groups is 1. The molecule has 1 unspecified atom stereocenters. The summed E-state index contributed by atoms with van der Waals surface area (Å²) in [5.74, 6) is -0.131. The van der Waals surface area contributed by atoms with Gasteiger partial charge in [0.1, 0.15) is 12.2 Å². The Morgan fingerprint density at radius 2 is 2.10 bits per heavy atom. The van der Waals surface area contributed by atoms with Gasteiger partial charge >= 0.3 is 6.18 Å². The van der Waals surface area contributed by atoms with E-state index >= 15 is 0 Å². The number of hydrogen-bond donors (Lipinski definition) is 0. The van der Waals surface area contributed by atoms with Crippen LogP contribution in [0.15, 0.2) is 30.6 Å². The minimum Gasteiger partial charge on any atom is -0.332 e. The van der Waals surface area contributed by atoms with Crippen molar-refractivity contribution in [1.82, 2.24) is 29.3 Å². The number of rotatable bonds is 4. The zero-order valence-corrected chi connectivity index (χ0v) is 15.9. The Morgan fingerprint density at radius 3 is 2.79 bits per heavy atom. The van der Waals surface area contributed by atoms with Gasteiger partial charge in [-0.1, -0.05) is 6.92 Å². The third kappa shape index (κ3) is 3.83. The predicted octanol–water partition coefficient (Wildman–Crippen LogP) is 3.26. The van der Waals surface area contributed by atoms with E-state index in [-0.39, 0.29) is 24.1 Å². The molecule has 29 heavy (non-hydrogen) atoms. The molecule has 10 heteroatoms. The fourth-order valence-corrected chi connectivity index (χ4v) is 3.75. The van der Waals surface area contributed by atoms with E-state index in [2.05, 4.69) is 15.2 Å². The van der Waals surface area contributed by atoms with E-state index in [4.69, 9.17) is 0 Å². The zero-order valence-electron chi connectivity index (χ0n) is 15.9. The largest absolute Gasteiger partial charge is 0.433 e. The Hall–Kier alpha value is -2.91. The van der Waals surface area contributed by atoms with Crippen LogP contribution in [0, 0.1) is 0 Å². The molecule has 1 aliphatic rings. The summed E-state index contributed by atoms with van der Waals surface area (Å²) in [6, 6.07) is 3.96. The molecule has 4 rings (SSSR count). The van der Waals surface area contributed by atoms with Crippen molar-refractivity contribution < 1.29 is 18.0 Å². The van der Waals surface area contributed by atoms with E-state index in [1.807, 2.05) is 0 Å². The summed E-state index contributed by atoms with van der Waals surface area (Å²) >= 11 is 0. The molecule has 1 aliphatic heterocycles. The Morgan fingerprint density at radius 1 is 1.28 bits per heavy atom. The Balaban J connectivity index is 1.70. The molecule has 1 atom stereocenters. The number of amides is 1.